The first-order chi connectivity index (χ1) is 13.3. The van der Waals surface area contributed by atoms with Gasteiger partial charge < -0.3 is 9.80 Å². The van der Waals surface area contributed by atoms with Gasteiger partial charge in [-0.1, -0.05) is 13.0 Å². The highest BCUT2D eigenvalue weighted by atomic mass is 32.2. The first kappa shape index (κ1) is 22.2. The molecule has 2 amide bonds. The molecule has 0 aromatic heterocycles. The maximum absolute atomic E-state index is 12.8. The van der Waals surface area contributed by atoms with E-state index in [-0.39, 0.29) is 23.5 Å². The summed E-state index contributed by atoms with van der Waals surface area (Å²) in [6.07, 6.45) is 1.84. The number of hydrogen-bond donors (Lipinski definition) is 1. The monoisotopic (exact) mass is 409 g/mol. The molecule has 0 spiro atoms. The van der Waals surface area contributed by atoms with Crippen molar-refractivity contribution in [3.05, 3.63) is 29.8 Å². The number of piperidine rings is 1. The molecule has 0 aliphatic carbocycles. The number of carbonyl (C=O) groups excluding carboxylic acids is 2. The van der Waals surface area contributed by atoms with E-state index < -0.39 is 10.0 Å². The Hall–Kier alpha value is -2.09. The normalized spacial score (nSPS) is 15.3. The fourth-order valence-electron chi connectivity index (χ4n) is 3.52. The molecule has 1 fully saturated rings. The molecule has 0 atom stereocenters. The van der Waals surface area contributed by atoms with E-state index in [4.69, 9.17) is 0 Å². The van der Waals surface area contributed by atoms with Crippen molar-refractivity contribution >= 4 is 27.5 Å². The lowest BCUT2D eigenvalue weighted by Gasteiger charge is -2.33. The average Bonchev–Trinajstić information content (AvgIpc) is 2.68. The van der Waals surface area contributed by atoms with Crippen LogP contribution in [0.25, 0.3) is 0 Å². The molecule has 1 N–H and O–H groups in total. The molecule has 7 nitrogen and oxygen atoms in total. The summed E-state index contributed by atoms with van der Waals surface area (Å²) in [7, 11) is -3.40. The van der Waals surface area contributed by atoms with Crippen LogP contribution >= 0.6 is 0 Å². The molecule has 2 rings (SSSR count). The van der Waals surface area contributed by atoms with E-state index in [1.165, 1.54) is 0 Å². The molecular weight excluding hydrogens is 378 g/mol. The fourth-order valence-corrected chi connectivity index (χ4v) is 4.65. The SMILES string of the molecule is CCCS(=O)(=O)Nc1cccc(C(=O)N2CCC(C(=O)N(CC)CC)CC2)c1. The van der Waals surface area contributed by atoms with Crippen molar-refractivity contribution in [3.8, 4) is 0 Å². The Morgan fingerprint density at radius 3 is 2.36 bits per heavy atom. The van der Waals surface area contributed by atoms with Crippen LogP contribution in [-0.4, -0.2) is 62.0 Å². The minimum absolute atomic E-state index is 0.0314. The van der Waals surface area contributed by atoms with Crippen LogP contribution in [0.3, 0.4) is 0 Å². The molecule has 0 bridgehead atoms. The summed E-state index contributed by atoms with van der Waals surface area (Å²) in [6.45, 7) is 8.21. The molecule has 8 heteroatoms. The summed E-state index contributed by atoms with van der Waals surface area (Å²) >= 11 is 0. The summed E-state index contributed by atoms with van der Waals surface area (Å²) in [4.78, 5) is 28.9. The molecule has 1 saturated heterocycles. The Kier molecular flexibility index (Phi) is 7.86. The number of likely N-dealkylation sites (tertiary alicyclic amines) is 1. The second kappa shape index (κ2) is 9.91. The predicted molar refractivity (Wildman–Crippen MR) is 111 cm³/mol. The lowest BCUT2D eigenvalue weighted by molar-refractivity contribution is -0.136. The molecular formula is C20H31N3O4S. The zero-order valence-corrected chi connectivity index (χ0v) is 17.8. The van der Waals surface area contributed by atoms with Crippen LogP contribution in [0.15, 0.2) is 24.3 Å². The molecule has 0 saturated carbocycles. The van der Waals surface area contributed by atoms with Crippen LogP contribution in [0.5, 0.6) is 0 Å². The molecule has 0 unspecified atom stereocenters. The van der Waals surface area contributed by atoms with E-state index >= 15 is 0 Å². The van der Waals surface area contributed by atoms with Crippen molar-refractivity contribution in [3.63, 3.8) is 0 Å². The third kappa shape index (κ3) is 5.70. The number of carbonyl (C=O) groups is 2. The van der Waals surface area contributed by atoms with Gasteiger partial charge in [0.05, 0.1) is 5.75 Å². The Bertz CT molecular complexity index is 782. The number of amides is 2. The zero-order valence-electron chi connectivity index (χ0n) is 17.0. The lowest BCUT2D eigenvalue weighted by atomic mass is 9.94. The van der Waals surface area contributed by atoms with Gasteiger partial charge in [0.25, 0.3) is 5.91 Å². The van der Waals surface area contributed by atoms with E-state index in [1.54, 1.807) is 36.1 Å². The minimum Gasteiger partial charge on any atom is -0.343 e. The highest BCUT2D eigenvalue weighted by molar-refractivity contribution is 7.92. The summed E-state index contributed by atoms with van der Waals surface area (Å²) in [5.74, 6) is 0.0463. The smallest absolute Gasteiger partial charge is 0.253 e. The summed E-state index contributed by atoms with van der Waals surface area (Å²) < 4.78 is 26.4. The van der Waals surface area contributed by atoms with Gasteiger partial charge in [0.1, 0.15) is 0 Å². The largest absolute Gasteiger partial charge is 0.343 e. The van der Waals surface area contributed by atoms with Gasteiger partial charge in [0.15, 0.2) is 0 Å². The zero-order chi connectivity index (χ0) is 20.7. The first-order valence-corrected chi connectivity index (χ1v) is 11.6. The van der Waals surface area contributed by atoms with Crippen LogP contribution in [0, 0.1) is 5.92 Å². The highest BCUT2D eigenvalue weighted by Gasteiger charge is 2.29. The van der Waals surface area contributed by atoms with Gasteiger partial charge in [-0.3, -0.25) is 14.3 Å². The van der Waals surface area contributed by atoms with Crippen LogP contribution in [0.1, 0.15) is 50.4 Å². The fraction of sp³-hybridized carbons (Fsp3) is 0.600. The quantitative estimate of drug-likeness (QED) is 0.715. The molecule has 0 radical (unpaired) electrons. The van der Waals surface area contributed by atoms with Gasteiger partial charge in [-0.25, -0.2) is 8.42 Å². The van der Waals surface area contributed by atoms with Crippen LogP contribution in [0.2, 0.25) is 0 Å². The maximum Gasteiger partial charge on any atom is 0.253 e. The molecule has 1 aromatic rings. The van der Waals surface area contributed by atoms with E-state index in [2.05, 4.69) is 4.72 Å². The van der Waals surface area contributed by atoms with E-state index in [0.29, 0.717) is 56.7 Å². The minimum atomic E-state index is -3.40. The number of benzene rings is 1. The number of anilines is 1. The van der Waals surface area contributed by atoms with E-state index in [1.807, 2.05) is 18.7 Å². The number of rotatable bonds is 8. The van der Waals surface area contributed by atoms with Gasteiger partial charge in [0.2, 0.25) is 15.9 Å². The number of hydrogen-bond acceptors (Lipinski definition) is 4. The van der Waals surface area contributed by atoms with Crippen molar-refractivity contribution in [2.24, 2.45) is 5.92 Å². The Labute approximate surface area is 168 Å². The third-order valence-electron chi connectivity index (χ3n) is 5.06. The van der Waals surface area contributed by atoms with Crippen LogP contribution in [-0.2, 0) is 14.8 Å². The number of nitrogens with zero attached hydrogens (tertiary/aromatic N) is 2. The molecule has 28 heavy (non-hydrogen) atoms. The highest BCUT2D eigenvalue weighted by Crippen LogP contribution is 2.22. The first-order valence-electron chi connectivity index (χ1n) is 9.99. The standard InChI is InChI=1S/C20H31N3O4S/c1-4-14-28(26,27)21-18-9-7-8-17(15-18)20(25)23-12-10-16(11-13-23)19(24)22(5-2)6-3/h7-9,15-16,21H,4-6,10-14H2,1-3H3. The maximum atomic E-state index is 12.8. The van der Waals surface area contributed by atoms with Crippen molar-refractivity contribution in [2.45, 2.75) is 40.0 Å². The summed E-state index contributed by atoms with van der Waals surface area (Å²) in [5.41, 5.74) is 0.844. The predicted octanol–water partition coefficient (Wildman–Crippen LogP) is 2.56. The van der Waals surface area contributed by atoms with Gasteiger partial charge in [-0.15, -0.1) is 0 Å². The summed E-state index contributed by atoms with van der Waals surface area (Å²) in [5, 5.41) is 0. The molecule has 1 aliphatic heterocycles. The van der Waals surface area contributed by atoms with Crippen molar-refractivity contribution < 1.29 is 18.0 Å². The Morgan fingerprint density at radius 2 is 1.79 bits per heavy atom. The van der Waals surface area contributed by atoms with Crippen molar-refractivity contribution in [1.82, 2.24) is 9.80 Å². The molecule has 156 valence electrons. The topological polar surface area (TPSA) is 86.8 Å². The van der Waals surface area contributed by atoms with Crippen molar-refractivity contribution in [2.75, 3.05) is 36.7 Å². The lowest BCUT2D eigenvalue weighted by Crippen LogP contribution is -2.44. The van der Waals surface area contributed by atoms with Crippen molar-refractivity contribution in [1.29, 1.82) is 0 Å². The number of nitrogens with one attached hydrogen (secondary N) is 1. The summed E-state index contributed by atoms with van der Waals surface area (Å²) in [6, 6.07) is 6.57. The van der Waals surface area contributed by atoms with Crippen LogP contribution in [0.4, 0.5) is 5.69 Å². The average molecular weight is 410 g/mol. The Morgan fingerprint density at radius 1 is 1.14 bits per heavy atom. The second-order valence-corrected chi connectivity index (χ2v) is 8.92. The van der Waals surface area contributed by atoms with Gasteiger partial charge >= 0.3 is 0 Å². The van der Waals surface area contributed by atoms with E-state index in [0.717, 1.165) is 0 Å². The third-order valence-corrected chi connectivity index (χ3v) is 6.55. The van der Waals surface area contributed by atoms with Gasteiger partial charge in [-0.05, 0) is 51.3 Å². The molecule has 1 aromatic carbocycles. The van der Waals surface area contributed by atoms with Crippen LogP contribution < -0.4 is 4.72 Å². The van der Waals surface area contributed by atoms with E-state index in [9.17, 15) is 18.0 Å². The molecule has 1 aliphatic rings. The Balaban J connectivity index is 2.00. The molecule has 1 heterocycles. The number of sulfonamides is 1. The van der Waals surface area contributed by atoms with Gasteiger partial charge in [-0.2, -0.15) is 0 Å². The van der Waals surface area contributed by atoms with Gasteiger partial charge in [0, 0.05) is 43.3 Å². The second-order valence-electron chi connectivity index (χ2n) is 7.08.